The van der Waals surface area contributed by atoms with Crippen LogP contribution in [0.4, 0.5) is 11.4 Å². The predicted molar refractivity (Wildman–Crippen MR) is 271 cm³/mol. The molecule has 6 N–H and O–H groups in total. The SMILES string of the molecule is Cc1cc(C(=O)Nc2cccc(C(OCC3CC3)c3ccccn3)c2)n(-c2cccc(CN)c2)n1.Cc1cc(C(=O)Nc2cccc(C(OCC3CC3)c3ccccn3)c2)n(-c2cccc(CN)c2)n1. The molecular formula is C56H58N10O4. The van der Waals surface area contributed by atoms with Gasteiger partial charge in [0.2, 0.25) is 0 Å². The summed E-state index contributed by atoms with van der Waals surface area (Å²) in [5.41, 5.74) is 22.5. The largest absolute Gasteiger partial charge is 0.367 e. The van der Waals surface area contributed by atoms with Gasteiger partial charge in [-0.25, -0.2) is 9.36 Å². The molecule has 4 aromatic carbocycles. The first-order chi connectivity index (χ1) is 34.2. The van der Waals surface area contributed by atoms with Gasteiger partial charge < -0.3 is 31.6 Å². The van der Waals surface area contributed by atoms with Crippen LogP contribution in [0.25, 0.3) is 11.4 Å². The van der Waals surface area contributed by atoms with Crippen molar-refractivity contribution in [3.8, 4) is 11.4 Å². The van der Waals surface area contributed by atoms with Crippen molar-refractivity contribution >= 4 is 23.2 Å². The van der Waals surface area contributed by atoms with E-state index in [0.29, 0.717) is 60.9 Å². The number of carbonyl (C=O) groups is 2. The number of amides is 2. The molecule has 2 unspecified atom stereocenters. The van der Waals surface area contributed by atoms with Crippen molar-refractivity contribution in [3.05, 3.63) is 214 Å². The molecule has 2 atom stereocenters. The molecule has 14 heteroatoms. The zero-order chi connectivity index (χ0) is 48.4. The van der Waals surface area contributed by atoms with E-state index in [1.807, 2.05) is 147 Å². The summed E-state index contributed by atoms with van der Waals surface area (Å²) in [6.07, 6.45) is 7.83. The molecule has 70 heavy (non-hydrogen) atoms. The van der Waals surface area contributed by atoms with Gasteiger partial charge in [0, 0.05) is 36.9 Å². The van der Waals surface area contributed by atoms with E-state index in [4.69, 9.17) is 20.9 Å². The minimum atomic E-state index is -0.291. The highest BCUT2D eigenvalue weighted by Gasteiger charge is 2.27. The second-order valence-corrected chi connectivity index (χ2v) is 17.9. The van der Waals surface area contributed by atoms with Crippen LogP contribution in [0, 0.1) is 25.7 Å². The first-order valence-corrected chi connectivity index (χ1v) is 23.8. The maximum atomic E-state index is 13.3. The molecule has 8 aromatic rings. The summed E-state index contributed by atoms with van der Waals surface area (Å²) in [5, 5.41) is 15.1. The summed E-state index contributed by atoms with van der Waals surface area (Å²) in [5.74, 6) is 0.777. The topological polar surface area (TPSA) is 190 Å². The molecule has 2 saturated carbocycles. The normalized spacial score (nSPS) is 14.0. The number of hydrogen-bond donors (Lipinski definition) is 4. The molecule has 2 aliphatic rings. The Hall–Kier alpha value is -7.62. The van der Waals surface area contributed by atoms with Crippen molar-refractivity contribution in [1.29, 1.82) is 0 Å². The van der Waals surface area contributed by atoms with Gasteiger partial charge in [-0.15, -0.1) is 0 Å². The Morgan fingerprint density at radius 3 is 1.37 bits per heavy atom. The van der Waals surface area contributed by atoms with Crippen molar-refractivity contribution in [2.45, 2.75) is 64.8 Å². The molecule has 0 bridgehead atoms. The van der Waals surface area contributed by atoms with E-state index >= 15 is 0 Å². The molecular weight excluding hydrogens is 877 g/mol. The van der Waals surface area contributed by atoms with Gasteiger partial charge in [-0.2, -0.15) is 10.2 Å². The van der Waals surface area contributed by atoms with E-state index < -0.39 is 0 Å². The van der Waals surface area contributed by atoms with Crippen LogP contribution in [-0.2, 0) is 22.6 Å². The van der Waals surface area contributed by atoms with E-state index in [-0.39, 0.29) is 24.0 Å². The Bertz CT molecular complexity index is 2830. The number of ether oxygens (including phenoxy) is 2. The summed E-state index contributed by atoms with van der Waals surface area (Å²) in [6, 6.07) is 46.2. The van der Waals surface area contributed by atoms with Gasteiger partial charge >= 0.3 is 0 Å². The van der Waals surface area contributed by atoms with E-state index in [1.165, 1.54) is 25.7 Å². The third-order valence-corrected chi connectivity index (χ3v) is 12.1. The molecule has 2 fully saturated rings. The Labute approximate surface area is 408 Å². The van der Waals surface area contributed by atoms with Gasteiger partial charge in [-0.05, 0) is 159 Å². The van der Waals surface area contributed by atoms with Crippen molar-refractivity contribution in [2.75, 3.05) is 23.8 Å². The molecule has 10 rings (SSSR count). The molecule has 0 aliphatic heterocycles. The first kappa shape index (κ1) is 47.4. The number of carbonyl (C=O) groups excluding carboxylic acids is 2. The second kappa shape index (κ2) is 22.2. The maximum absolute atomic E-state index is 13.3. The highest BCUT2D eigenvalue weighted by molar-refractivity contribution is 6.04. The van der Waals surface area contributed by atoms with Crippen molar-refractivity contribution in [3.63, 3.8) is 0 Å². The fraction of sp³-hybridized carbons (Fsp3) is 0.250. The number of nitrogens with two attached hydrogens (primary N) is 2. The zero-order valence-electron chi connectivity index (χ0n) is 39.4. The molecule has 4 heterocycles. The summed E-state index contributed by atoms with van der Waals surface area (Å²) in [6.45, 7) is 5.99. The van der Waals surface area contributed by atoms with E-state index in [0.717, 1.165) is 56.4 Å². The molecule has 14 nitrogen and oxygen atoms in total. The Balaban J connectivity index is 0.000000174. The van der Waals surface area contributed by atoms with E-state index in [2.05, 4.69) is 30.8 Å². The Kier molecular flexibility index (Phi) is 15.1. The number of nitrogens with one attached hydrogen (secondary N) is 2. The average molecular weight is 935 g/mol. The van der Waals surface area contributed by atoms with Gasteiger partial charge in [0.15, 0.2) is 0 Å². The molecule has 356 valence electrons. The molecule has 4 aromatic heterocycles. The van der Waals surface area contributed by atoms with Crippen LogP contribution in [0.2, 0.25) is 0 Å². The third-order valence-electron chi connectivity index (χ3n) is 12.1. The highest BCUT2D eigenvalue weighted by Crippen LogP contribution is 2.35. The third kappa shape index (κ3) is 12.1. The van der Waals surface area contributed by atoms with E-state index in [9.17, 15) is 9.59 Å². The zero-order valence-corrected chi connectivity index (χ0v) is 39.4. The minimum Gasteiger partial charge on any atom is -0.367 e. The summed E-state index contributed by atoms with van der Waals surface area (Å²) in [4.78, 5) is 35.7. The second-order valence-electron chi connectivity index (χ2n) is 17.9. The maximum Gasteiger partial charge on any atom is 0.274 e. The van der Waals surface area contributed by atoms with Gasteiger partial charge in [-0.1, -0.05) is 60.7 Å². The standard InChI is InChI=1S/2C28H29N5O2/c2*1-19-14-26(33(32-19)24-9-4-6-21(15-24)17-29)28(34)31-23-8-5-7-22(16-23)27(35-18-20-11-12-20)25-10-2-3-13-30-25/h2*2-10,13-16,20,27H,11-12,17-18,29H2,1H3,(H,31,34). The first-order valence-electron chi connectivity index (χ1n) is 23.8. The number of benzene rings is 4. The summed E-state index contributed by atoms with van der Waals surface area (Å²) >= 11 is 0. The monoisotopic (exact) mass is 934 g/mol. The lowest BCUT2D eigenvalue weighted by Crippen LogP contribution is -2.17. The fourth-order valence-electron chi connectivity index (χ4n) is 8.10. The van der Waals surface area contributed by atoms with Crippen LogP contribution in [0.15, 0.2) is 158 Å². The number of aromatic nitrogens is 6. The van der Waals surface area contributed by atoms with E-state index in [1.54, 1.807) is 33.9 Å². The number of aryl methyl sites for hydroxylation is 2. The van der Waals surface area contributed by atoms with Gasteiger partial charge in [0.25, 0.3) is 11.8 Å². The van der Waals surface area contributed by atoms with Crippen LogP contribution in [0.3, 0.4) is 0 Å². The highest BCUT2D eigenvalue weighted by atomic mass is 16.5. The van der Waals surface area contributed by atoms with Gasteiger partial charge in [0.05, 0.1) is 47.4 Å². The summed E-state index contributed by atoms with van der Waals surface area (Å²) < 4.78 is 15.9. The van der Waals surface area contributed by atoms with Crippen molar-refractivity contribution in [1.82, 2.24) is 29.5 Å². The van der Waals surface area contributed by atoms with Crippen molar-refractivity contribution < 1.29 is 19.1 Å². The lowest BCUT2D eigenvalue weighted by molar-refractivity contribution is 0.0691. The molecule has 0 saturated heterocycles. The van der Waals surface area contributed by atoms with Gasteiger partial charge in [-0.3, -0.25) is 19.6 Å². The molecule has 0 radical (unpaired) electrons. The Morgan fingerprint density at radius 2 is 0.986 bits per heavy atom. The molecule has 2 amide bonds. The average Bonchev–Trinajstić information content (AvgIpc) is 4.33. The molecule has 2 aliphatic carbocycles. The van der Waals surface area contributed by atoms with Crippen molar-refractivity contribution in [2.24, 2.45) is 23.3 Å². The molecule has 0 spiro atoms. The minimum absolute atomic E-state index is 0.241. The number of rotatable bonds is 18. The number of hydrogen-bond acceptors (Lipinski definition) is 10. The smallest absolute Gasteiger partial charge is 0.274 e. The fourth-order valence-corrected chi connectivity index (χ4v) is 8.10. The van der Waals surface area contributed by atoms with Crippen LogP contribution >= 0.6 is 0 Å². The van der Waals surface area contributed by atoms with Crippen LogP contribution in [-0.4, -0.2) is 54.6 Å². The number of anilines is 2. The quantitative estimate of drug-likeness (QED) is 0.0645. The van der Waals surface area contributed by atoms with Crippen LogP contribution in [0.5, 0.6) is 0 Å². The lowest BCUT2D eigenvalue weighted by Gasteiger charge is -2.19. The lowest BCUT2D eigenvalue weighted by atomic mass is 10.0. The summed E-state index contributed by atoms with van der Waals surface area (Å²) in [7, 11) is 0. The number of nitrogens with zero attached hydrogens (tertiary/aromatic N) is 6. The number of pyridine rings is 2. The predicted octanol–water partition coefficient (Wildman–Crippen LogP) is 9.61. The van der Waals surface area contributed by atoms with Gasteiger partial charge in [0.1, 0.15) is 23.6 Å². The van der Waals surface area contributed by atoms with Crippen LogP contribution in [0.1, 0.15) is 104 Å². The Morgan fingerprint density at radius 1 is 0.557 bits per heavy atom. The van der Waals surface area contributed by atoms with Crippen LogP contribution < -0.4 is 22.1 Å².